The molecule has 0 bridgehead atoms. The third-order valence-corrected chi connectivity index (χ3v) is 4.29. The topological polar surface area (TPSA) is 69.4 Å². The van der Waals surface area contributed by atoms with E-state index in [9.17, 15) is 14.9 Å². The van der Waals surface area contributed by atoms with Crippen LogP contribution < -0.4 is 4.74 Å². The minimum absolute atomic E-state index is 0.0475. The number of ketones is 1. The second kappa shape index (κ2) is 7.02. The maximum absolute atomic E-state index is 12.1. The van der Waals surface area contributed by atoms with E-state index in [0.29, 0.717) is 10.0 Å². The van der Waals surface area contributed by atoms with Crippen LogP contribution in [0.5, 0.6) is 5.75 Å². The molecule has 0 unspecified atom stereocenters. The molecule has 1 aliphatic carbocycles. The van der Waals surface area contributed by atoms with Crippen molar-refractivity contribution >= 4 is 27.4 Å². The molecule has 0 heterocycles. The van der Waals surface area contributed by atoms with E-state index < -0.39 is 4.92 Å². The molecule has 0 N–H and O–H groups in total. The van der Waals surface area contributed by atoms with E-state index >= 15 is 0 Å². The van der Waals surface area contributed by atoms with Crippen molar-refractivity contribution < 1.29 is 14.5 Å². The smallest absolute Gasteiger partial charge is 0.312 e. The molecule has 1 aromatic carbocycles. The third kappa shape index (κ3) is 4.03. The molecular weight excluding hydrogens is 338 g/mol. The van der Waals surface area contributed by atoms with Crippen LogP contribution in [0.1, 0.15) is 37.7 Å². The van der Waals surface area contributed by atoms with Gasteiger partial charge in [-0.15, -0.1) is 0 Å². The molecule has 6 heteroatoms. The Morgan fingerprint density at radius 3 is 2.67 bits per heavy atom. The summed E-state index contributed by atoms with van der Waals surface area (Å²) < 4.78 is 6.11. The van der Waals surface area contributed by atoms with E-state index in [0.717, 1.165) is 25.7 Å². The molecule has 0 saturated heterocycles. The number of nitro benzene ring substituents is 1. The fourth-order valence-electron chi connectivity index (χ4n) is 2.72. The van der Waals surface area contributed by atoms with Gasteiger partial charge in [-0.05, 0) is 31.4 Å². The number of nitrogens with zero attached hydrogens (tertiary/aromatic N) is 1. The minimum Gasteiger partial charge on any atom is -0.479 e. The van der Waals surface area contributed by atoms with Crippen LogP contribution in [0, 0.1) is 23.0 Å². The van der Waals surface area contributed by atoms with Crippen LogP contribution in [0.15, 0.2) is 16.6 Å². The number of benzene rings is 1. The Morgan fingerprint density at radius 1 is 1.38 bits per heavy atom. The van der Waals surface area contributed by atoms with Crippen LogP contribution in [0.4, 0.5) is 5.69 Å². The number of rotatable bonds is 5. The molecule has 0 radical (unpaired) electrons. The van der Waals surface area contributed by atoms with Gasteiger partial charge in [-0.3, -0.25) is 14.9 Å². The second-order valence-electron chi connectivity index (χ2n) is 5.42. The highest BCUT2D eigenvalue weighted by atomic mass is 79.9. The van der Waals surface area contributed by atoms with Crippen molar-refractivity contribution in [2.24, 2.45) is 5.92 Å². The van der Waals surface area contributed by atoms with Crippen LogP contribution in [0.2, 0.25) is 0 Å². The zero-order valence-electron chi connectivity index (χ0n) is 11.9. The Hall–Kier alpha value is -1.43. The SMILES string of the molecule is Cc1cc(Br)cc([N+](=O)[O-])c1OCC(=O)C1CCCCC1. The van der Waals surface area contributed by atoms with E-state index in [-0.39, 0.29) is 29.7 Å². The van der Waals surface area contributed by atoms with Gasteiger partial charge in [0.15, 0.2) is 5.78 Å². The first-order valence-corrected chi connectivity index (χ1v) is 7.88. The number of aryl methyl sites for hydroxylation is 1. The molecule has 5 nitrogen and oxygen atoms in total. The average molecular weight is 356 g/mol. The Labute approximate surface area is 132 Å². The first-order chi connectivity index (χ1) is 9.99. The van der Waals surface area contributed by atoms with Crippen molar-refractivity contribution in [3.8, 4) is 5.75 Å². The molecule has 1 aliphatic rings. The van der Waals surface area contributed by atoms with Gasteiger partial charge in [0.1, 0.15) is 6.61 Å². The molecule has 0 atom stereocenters. The number of Topliss-reactive ketones (excluding diaryl/α,β-unsaturated/α-hetero) is 1. The van der Waals surface area contributed by atoms with Crippen molar-refractivity contribution in [1.82, 2.24) is 0 Å². The van der Waals surface area contributed by atoms with Crippen LogP contribution in [-0.2, 0) is 4.79 Å². The van der Waals surface area contributed by atoms with Crippen LogP contribution in [-0.4, -0.2) is 17.3 Å². The van der Waals surface area contributed by atoms with Crippen LogP contribution in [0.25, 0.3) is 0 Å². The van der Waals surface area contributed by atoms with Gasteiger partial charge >= 0.3 is 5.69 Å². The maximum Gasteiger partial charge on any atom is 0.312 e. The van der Waals surface area contributed by atoms with E-state index in [1.54, 1.807) is 13.0 Å². The van der Waals surface area contributed by atoms with Crippen molar-refractivity contribution in [1.29, 1.82) is 0 Å². The molecule has 2 rings (SSSR count). The number of ether oxygens (including phenoxy) is 1. The fourth-order valence-corrected chi connectivity index (χ4v) is 3.28. The van der Waals surface area contributed by atoms with E-state index in [1.165, 1.54) is 12.5 Å². The molecule has 21 heavy (non-hydrogen) atoms. The number of nitro groups is 1. The Bertz CT molecular complexity index is 553. The Kier molecular flexibility index (Phi) is 5.33. The second-order valence-corrected chi connectivity index (χ2v) is 6.33. The van der Waals surface area contributed by atoms with Crippen molar-refractivity contribution in [3.05, 3.63) is 32.3 Å². The van der Waals surface area contributed by atoms with Crippen LogP contribution in [0.3, 0.4) is 0 Å². The Balaban J connectivity index is 2.08. The van der Waals surface area contributed by atoms with Gasteiger partial charge in [-0.25, -0.2) is 0 Å². The zero-order chi connectivity index (χ0) is 15.4. The lowest BCUT2D eigenvalue weighted by atomic mass is 9.86. The van der Waals surface area contributed by atoms with Gasteiger partial charge in [-0.2, -0.15) is 0 Å². The van der Waals surface area contributed by atoms with E-state index in [4.69, 9.17) is 4.74 Å². The standard InChI is InChI=1S/C15H18BrNO4/c1-10-7-12(16)8-13(17(19)20)15(10)21-9-14(18)11-5-3-2-4-6-11/h7-8,11H,2-6,9H2,1H3. The highest BCUT2D eigenvalue weighted by Gasteiger charge is 2.24. The summed E-state index contributed by atoms with van der Waals surface area (Å²) in [6.45, 7) is 1.64. The predicted octanol–water partition coefficient (Wildman–Crippen LogP) is 4.19. The summed E-state index contributed by atoms with van der Waals surface area (Å²) in [6, 6.07) is 3.14. The predicted molar refractivity (Wildman–Crippen MR) is 82.6 cm³/mol. The van der Waals surface area contributed by atoms with Gasteiger partial charge < -0.3 is 4.74 Å². The number of halogens is 1. The molecule has 0 spiro atoms. The van der Waals surface area contributed by atoms with Gasteiger partial charge in [0, 0.05) is 16.5 Å². The molecule has 0 aliphatic heterocycles. The fraction of sp³-hybridized carbons (Fsp3) is 0.533. The summed E-state index contributed by atoms with van der Waals surface area (Å²) in [7, 11) is 0. The molecular formula is C15H18BrNO4. The molecule has 0 amide bonds. The monoisotopic (exact) mass is 355 g/mol. The van der Waals surface area contributed by atoms with Crippen molar-refractivity contribution in [2.75, 3.05) is 6.61 Å². The summed E-state index contributed by atoms with van der Waals surface area (Å²) in [5.41, 5.74) is 0.533. The molecule has 0 aromatic heterocycles. The summed E-state index contributed by atoms with van der Waals surface area (Å²) in [5, 5.41) is 11.1. The van der Waals surface area contributed by atoms with Gasteiger partial charge in [0.2, 0.25) is 5.75 Å². The molecule has 1 aromatic rings. The average Bonchev–Trinajstić information content (AvgIpc) is 2.46. The minimum atomic E-state index is -0.488. The largest absolute Gasteiger partial charge is 0.479 e. The lowest BCUT2D eigenvalue weighted by Crippen LogP contribution is -2.24. The Morgan fingerprint density at radius 2 is 2.05 bits per heavy atom. The van der Waals surface area contributed by atoms with E-state index in [2.05, 4.69) is 15.9 Å². The van der Waals surface area contributed by atoms with Crippen molar-refractivity contribution in [3.63, 3.8) is 0 Å². The number of hydrogen-bond acceptors (Lipinski definition) is 4. The number of hydrogen-bond donors (Lipinski definition) is 0. The molecule has 1 fully saturated rings. The first kappa shape index (κ1) is 15.9. The third-order valence-electron chi connectivity index (χ3n) is 3.84. The lowest BCUT2D eigenvalue weighted by Gasteiger charge is -2.20. The summed E-state index contributed by atoms with van der Waals surface area (Å²) >= 11 is 3.23. The number of carbonyl (C=O) groups excluding carboxylic acids is 1. The normalized spacial score (nSPS) is 15.7. The first-order valence-electron chi connectivity index (χ1n) is 7.09. The molecule has 1 saturated carbocycles. The quantitative estimate of drug-likeness (QED) is 0.586. The maximum atomic E-state index is 12.1. The van der Waals surface area contributed by atoms with Crippen molar-refractivity contribution in [2.45, 2.75) is 39.0 Å². The summed E-state index contributed by atoms with van der Waals surface area (Å²) in [4.78, 5) is 22.7. The van der Waals surface area contributed by atoms with Crippen LogP contribution >= 0.6 is 15.9 Å². The summed E-state index contributed by atoms with van der Waals surface area (Å²) in [5.74, 6) is 0.284. The van der Waals surface area contributed by atoms with Gasteiger partial charge in [0.25, 0.3) is 0 Å². The zero-order valence-corrected chi connectivity index (χ0v) is 13.5. The summed E-state index contributed by atoms with van der Waals surface area (Å²) in [6.07, 6.45) is 5.15. The molecule has 114 valence electrons. The highest BCUT2D eigenvalue weighted by molar-refractivity contribution is 9.10. The number of carbonyl (C=O) groups is 1. The lowest BCUT2D eigenvalue weighted by molar-refractivity contribution is -0.385. The van der Waals surface area contributed by atoms with Gasteiger partial charge in [-0.1, -0.05) is 35.2 Å². The van der Waals surface area contributed by atoms with Gasteiger partial charge in [0.05, 0.1) is 4.92 Å². The van der Waals surface area contributed by atoms with E-state index in [1.807, 2.05) is 0 Å². The highest BCUT2D eigenvalue weighted by Crippen LogP contribution is 2.34.